The predicted octanol–water partition coefficient (Wildman–Crippen LogP) is 1.73. The molecule has 0 aromatic heterocycles. The lowest BCUT2D eigenvalue weighted by Gasteiger charge is -2.11. The molecule has 1 rings (SSSR count). The van der Waals surface area contributed by atoms with E-state index in [-0.39, 0.29) is 29.7 Å². The van der Waals surface area contributed by atoms with Gasteiger partial charge < -0.3 is 10.6 Å². The topological polar surface area (TPSA) is 82.6 Å². The number of hydrogen-bond acceptors (Lipinski definition) is 3. The van der Waals surface area contributed by atoms with Crippen molar-refractivity contribution in [3.05, 3.63) is 35.9 Å². The van der Waals surface area contributed by atoms with E-state index < -0.39 is 10.0 Å². The lowest BCUT2D eigenvalue weighted by atomic mass is 10.1. The Kier molecular flexibility index (Phi) is 12.9. The van der Waals surface area contributed by atoms with Crippen molar-refractivity contribution in [3.8, 4) is 0 Å². The van der Waals surface area contributed by atoms with Crippen LogP contribution < -0.4 is 15.4 Å². The van der Waals surface area contributed by atoms with Crippen LogP contribution >= 0.6 is 24.0 Å². The number of aryl methyl sites for hydroxylation is 1. The lowest BCUT2D eigenvalue weighted by Crippen LogP contribution is -2.41. The van der Waals surface area contributed by atoms with Crippen molar-refractivity contribution in [2.75, 3.05) is 31.9 Å². The molecule has 8 heteroatoms. The molecule has 0 aliphatic heterocycles. The monoisotopic (exact) mass is 468 g/mol. The molecule has 0 unspecified atom stereocenters. The molecule has 0 spiro atoms. The van der Waals surface area contributed by atoms with E-state index in [1.807, 2.05) is 25.1 Å². The largest absolute Gasteiger partial charge is 0.357 e. The van der Waals surface area contributed by atoms with E-state index in [1.165, 1.54) is 5.56 Å². The highest BCUT2D eigenvalue weighted by Gasteiger charge is 2.04. The second-order valence-electron chi connectivity index (χ2n) is 5.07. The summed E-state index contributed by atoms with van der Waals surface area (Å²) >= 11 is 0. The Morgan fingerprint density at radius 2 is 1.79 bits per heavy atom. The van der Waals surface area contributed by atoms with Crippen LogP contribution in [0.3, 0.4) is 0 Å². The Bertz CT molecular complexity index is 565. The number of hydrogen-bond donors (Lipinski definition) is 3. The van der Waals surface area contributed by atoms with Crippen molar-refractivity contribution >= 4 is 40.0 Å². The van der Waals surface area contributed by atoms with Gasteiger partial charge in [-0.3, -0.25) is 4.99 Å². The van der Waals surface area contributed by atoms with Crippen LogP contribution in [0, 0.1) is 0 Å². The number of guanidine groups is 1. The first-order valence-corrected chi connectivity index (χ1v) is 9.76. The van der Waals surface area contributed by atoms with Crippen molar-refractivity contribution < 1.29 is 8.42 Å². The van der Waals surface area contributed by atoms with Crippen molar-refractivity contribution in [3.63, 3.8) is 0 Å². The molecule has 1 aromatic rings. The van der Waals surface area contributed by atoms with Gasteiger partial charge in [-0.1, -0.05) is 30.3 Å². The first kappa shape index (κ1) is 23.1. The van der Waals surface area contributed by atoms with Crippen LogP contribution in [-0.4, -0.2) is 46.3 Å². The second kappa shape index (κ2) is 13.4. The Labute approximate surface area is 163 Å². The molecule has 0 fully saturated rings. The number of nitrogens with one attached hydrogen (secondary N) is 3. The van der Waals surface area contributed by atoms with Crippen LogP contribution in [0.2, 0.25) is 0 Å². The molecule has 0 heterocycles. The van der Waals surface area contributed by atoms with Crippen LogP contribution in [0.15, 0.2) is 35.3 Å². The molecule has 0 aliphatic rings. The van der Waals surface area contributed by atoms with E-state index in [1.54, 1.807) is 6.92 Å². The summed E-state index contributed by atoms with van der Waals surface area (Å²) in [6.07, 6.45) is 1.98. The minimum atomic E-state index is -3.13. The summed E-state index contributed by atoms with van der Waals surface area (Å²) in [5.41, 5.74) is 1.31. The number of halogens is 1. The average Bonchev–Trinajstić information content (AvgIpc) is 2.56. The van der Waals surface area contributed by atoms with Gasteiger partial charge in [0.2, 0.25) is 10.0 Å². The van der Waals surface area contributed by atoms with E-state index in [0.717, 1.165) is 31.9 Å². The molecule has 0 saturated carbocycles. The molecule has 0 radical (unpaired) electrons. The zero-order chi connectivity index (χ0) is 17.0. The number of benzene rings is 1. The third-order valence-electron chi connectivity index (χ3n) is 3.20. The fraction of sp³-hybridized carbons (Fsp3) is 0.562. The Morgan fingerprint density at radius 1 is 1.08 bits per heavy atom. The standard InChI is InChI=1S/C16H28N4O2S.HI/c1-3-17-16(19-13-14-20-23(21,22)4-2)18-12-8-11-15-9-6-5-7-10-15;/h5-7,9-10,20H,3-4,8,11-14H2,1-2H3,(H2,17,18,19);1H. The fourth-order valence-corrected chi connectivity index (χ4v) is 2.57. The van der Waals surface area contributed by atoms with Gasteiger partial charge in [-0.05, 0) is 32.3 Å². The Hall–Kier alpha value is -0.870. The molecule has 1 aromatic carbocycles. The highest BCUT2D eigenvalue weighted by atomic mass is 127. The zero-order valence-corrected chi connectivity index (χ0v) is 17.6. The van der Waals surface area contributed by atoms with E-state index >= 15 is 0 Å². The van der Waals surface area contributed by atoms with Gasteiger partial charge in [0.15, 0.2) is 5.96 Å². The molecular formula is C16H29IN4O2S. The summed E-state index contributed by atoms with van der Waals surface area (Å²) in [5, 5.41) is 6.28. The van der Waals surface area contributed by atoms with Gasteiger partial charge >= 0.3 is 0 Å². The van der Waals surface area contributed by atoms with E-state index in [0.29, 0.717) is 13.1 Å². The summed E-state index contributed by atoms with van der Waals surface area (Å²) in [6.45, 7) is 5.97. The summed E-state index contributed by atoms with van der Waals surface area (Å²) < 4.78 is 25.2. The van der Waals surface area contributed by atoms with Crippen molar-refractivity contribution in [2.24, 2.45) is 4.99 Å². The predicted molar refractivity (Wildman–Crippen MR) is 112 cm³/mol. The SMILES string of the molecule is CCNC(=NCCCc1ccccc1)NCCNS(=O)(=O)CC.I. The Balaban J connectivity index is 0.00000529. The highest BCUT2D eigenvalue weighted by Crippen LogP contribution is 2.02. The molecule has 24 heavy (non-hydrogen) atoms. The van der Waals surface area contributed by atoms with E-state index in [2.05, 4.69) is 32.5 Å². The minimum absolute atomic E-state index is 0. The maximum absolute atomic E-state index is 11.3. The van der Waals surface area contributed by atoms with Gasteiger partial charge in [-0.2, -0.15) is 0 Å². The van der Waals surface area contributed by atoms with Crippen molar-refractivity contribution in [1.29, 1.82) is 0 Å². The molecule has 3 N–H and O–H groups in total. The van der Waals surface area contributed by atoms with Crippen molar-refractivity contribution in [2.45, 2.75) is 26.7 Å². The summed E-state index contributed by atoms with van der Waals surface area (Å²) in [7, 11) is -3.13. The minimum Gasteiger partial charge on any atom is -0.357 e. The fourth-order valence-electron chi connectivity index (χ4n) is 1.95. The smallest absolute Gasteiger partial charge is 0.211 e. The number of nitrogens with zero attached hydrogens (tertiary/aromatic N) is 1. The van der Waals surface area contributed by atoms with Gasteiger partial charge in [0.25, 0.3) is 0 Å². The normalized spacial score (nSPS) is 11.7. The highest BCUT2D eigenvalue weighted by molar-refractivity contribution is 14.0. The van der Waals surface area contributed by atoms with Crippen LogP contribution in [0.1, 0.15) is 25.8 Å². The Morgan fingerprint density at radius 3 is 2.42 bits per heavy atom. The van der Waals surface area contributed by atoms with Gasteiger partial charge in [0.05, 0.1) is 5.75 Å². The number of sulfonamides is 1. The first-order valence-electron chi connectivity index (χ1n) is 8.11. The number of rotatable bonds is 10. The molecule has 0 atom stereocenters. The van der Waals surface area contributed by atoms with Gasteiger partial charge in [0.1, 0.15) is 0 Å². The molecule has 138 valence electrons. The third-order valence-corrected chi connectivity index (χ3v) is 4.60. The van der Waals surface area contributed by atoms with Crippen LogP contribution in [0.5, 0.6) is 0 Å². The maximum atomic E-state index is 11.3. The molecule has 0 saturated heterocycles. The van der Waals surface area contributed by atoms with E-state index in [4.69, 9.17) is 0 Å². The first-order chi connectivity index (χ1) is 11.1. The van der Waals surface area contributed by atoms with Crippen LogP contribution in [0.25, 0.3) is 0 Å². The van der Waals surface area contributed by atoms with Crippen molar-refractivity contribution in [1.82, 2.24) is 15.4 Å². The molecule has 0 bridgehead atoms. The lowest BCUT2D eigenvalue weighted by molar-refractivity contribution is 0.582. The quantitative estimate of drug-likeness (QED) is 0.212. The molecular weight excluding hydrogens is 439 g/mol. The second-order valence-corrected chi connectivity index (χ2v) is 7.17. The average molecular weight is 468 g/mol. The summed E-state index contributed by atoms with van der Waals surface area (Å²) in [4.78, 5) is 4.50. The number of aliphatic imine (C=N–C) groups is 1. The van der Waals surface area contributed by atoms with Crippen LogP contribution in [-0.2, 0) is 16.4 Å². The van der Waals surface area contributed by atoms with Crippen LogP contribution in [0.4, 0.5) is 0 Å². The molecule has 0 amide bonds. The molecule has 6 nitrogen and oxygen atoms in total. The van der Waals surface area contributed by atoms with E-state index in [9.17, 15) is 8.42 Å². The summed E-state index contributed by atoms with van der Waals surface area (Å²) in [6, 6.07) is 10.3. The summed E-state index contributed by atoms with van der Waals surface area (Å²) in [5.74, 6) is 0.817. The van der Waals surface area contributed by atoms with Gasteiger partial charge in [-0.15, -0.1) is 24.0 Å². The maximum Gasteiger partial charge on any atom is 0.211 e. The third kappa shape index (κ3) is 10.8. The van der Waals surface area contributed by atoms with Gasteiger partial charge in [0, 0.05) is 26.2 Å². The zero-order valence-electron chi connectivity index (χ0n) is 14.4. The molecule has 0 aliphatic carbocycles. The van der Waals surface area contributed by atoms with Gasteiger partial charge in [-0.25, -0.2) is 13.1 Å².